The summed E-state index contributed by atoms with van der Waals surface area (Å²) in [5.74, 6) is -0.137. The Morgan fingerprint density at radius 2 is 1.62 bits per heavy atom. The molecule has 0 bridgehead atoms. The summed E-state index contributed by atoms with van der Waals surface area (Å²) in [6.07, 6.45) is 0. The molecule has 3 aromatic carbocycles. The van der Waals surface area contributed by atoms with Crippen LogP contribution in [0.15, 0.2) is 60.7 Å². The van der Waals surface area contributed by atoms with E-state index in [2.05, 4.69) is 5.32 Å². The summed E-state index contributed by atoms with van der Waals surface area (Å²) in [6, 6.07) is 14.6. The summed E-state index contributed by atoms with van der Waals surface area (Å²) < 4.78 is 20.9. The molecule has 0 radical (unpaired) electrons. The lowest BCUT2D eigenvalue weighted by Gasteiger charge is -2.12. The van der Waals surface area contributed by atoms with Gasteiger partial charge in [-0.3, -0.25) is 14.9 Å². The molecular formula is C23H19ClN2O8. The number of carbonyl (C=O) groups is 2. The number of nitro groups is 1. The predicted molar refractivity (Wildman–Crippen MR) is 123 cm³/mol. The van der Waals surface area contributed by atoms with Gasteiger partial charge in [0, 0.05) is 17.2 Å². The van der Waals surface area contributed by atoms with Crippen LogP contribution in [-0.4, -0.2) is 37.6 Å². The maximum absolute atomic E-state index is 12.3. The zero-order valence-corrected chi connectivity index (χ0v) is 18.8. The molecule has 10 nitrogen and oxygen atoms in total. The van der Waals surface area contributed by atoms with Crippen molar-refractivity contribution in [3.05, 3.63) is 81.4 Å². The minimum atomic E-state index is -0.739. The molecule has 176 valence electrons. The molecule has 34 heavy (non-hydrogen) atoms. The van der Waals surface area contributed by atoms with Gasteiger partial charge in [-0.25, -0.2) is 4.79 Å². The van der Waals surface area contributed by atoms with E-state index < -0.39 is 23.4 Å². The monoisotopic (exact) mass is 486 g/mol. The van der Waals surface area contributed by atoms with Crippen LogP contribution in [0.25, 0.3) is 0 Å². The number of hydrogen-bond acceptors (Lipinski definition) is 8. The highest BCUT2D eigenvalue weighted by atomic mass is 35.5. The Balaban J connectivity index is 1.59. The summed E-state index contributed by atoms with van der Waals surface area (Å²) in [7, 11) is 2.94. The molecule has 0 fully saturated rings. The maximum Gasteiger partial charge on any atom is 0.338 e. The third kappa shape index (κ3) is 6.14. The summed E-state index contributed by atoms with van der Waals surface area (Å²) in [5.41, 5.74) is 0.222. The molecule has 0 atom stereocenters. The number of benzene rings is 3. The van der Waals surface area contributed by atoms with E-state index in [4.69, 9.17) is 30.5 Å². The van der Waals surface area contributed by atoms with E-state index in [9.17, 15) is 19.7 Å². The standard InChI is InChI=1S/C23H19ClN2O8/c1-31-17-8-10-20(32-2)18(12-17)25-22(27)13-33-23(28)14-3-6-16(7-4-14)34-21-9-5-15(24)11-19(21)26(29)30/h3-12H,13H2,1-2H3,(H,25,27). The van der Waals surface area contributed by atoms with Gasteiger partial charge in [0.1, 0.15) is 17.2 Å². The summed E-state index contributed by atoms with van der Waals surface area (Å²) in [6.45, 7) is -0.533. The summed E-state index contributed by atoms with van der Waals surface area (Å²) in [4.78, 5) is 35.1. The van der Waals surface area contributed by atoms with Crippen LogP contribution in [0.5, 0.6) is 23.0 Å². The molecule has 0 heterocycles. The first kappa shape index (κ1) is 24.3. The normalized spacial score (nSPS) is 10.2. The lowest BCUT2D eigenvalue weighted by atomic mass is 10.2. The maximum atomic E-state index is 12.3. The van der Waals surface area contributed by atoms with E-state index in [1.807, 2.05) is 0 Å². The topological polar surface area (TPSA) is 126 Å². The van der Waals surface area contributed by atoms with Gasteiger partial charge in [-0.15, -0.1) is 0 Å². The van der Waals surface area contributed by atoms with E-state index in [1.165, 1.54) is 56.7 Å². The fourth-order valence-electron chi connectivity index (χ4n) is 2.82. The molecular weight excluding hydrogens is 468 g/mol. The number of nitrogens with one attached hydrogen (secondary N) is 1. The zero-order valence-electron chi connectivity index (χ0n) is 18.1. The fraction of sp³-hybridized carbons (Fsp3) is 0.130. The first-order chi connectivity index (χ1) is 16.3. The molecule has 11 heteroatoms. The molecule has 0 saturated carbocycles. The van der Waals surface area contributed by atoms with E-state index >= 15 is 0 Å². The molecule has 0 saturated heterocycles. The molecule has 0 aromatic heterocycles. The van der Waals surface area contributed by atoms with Crippen molar-refractivity contribution in [1.82, 2.24) is 0 Å². The Morgan fingerprint density at radius 3 is 2.26 bits per heavy atom. The van der Waals surface area contributed by atoms with Crippen LogP contribution in [0.4, 0.5) is 11.4 Å². The van der Waals surface area contributed by atoms with Gasteiger partial charge in [0.15, 0.2) is 6.61 Å². The lowest BCUT2D eigenvalue weighted by molar-refractivity contribution is -0.385. The van der Waals surface area contributed by atoms with Crippen molar-refractivity contribution >= 4 is 34.9 Å². The Labute approximate surface area is 199 Å². The van der Waals surface area contributed by atoms with Gasteiger partial charge >= 0.3 is 11.7 Å². The average molecular weight is 487 g/mol. The molecule has 3 rings (SSSR count). The van der Waals surface area contributed by atoms with Crippen LogP contribution >= 0.6 is 11.6 Å². The molecule has 3 aromatic rings. The molecule has 0 spiro atoms. The largest absolute Gasteiger partial charge is 0.497 e. The SMILES string of the molecule is COc1ccc(OC)c(NC(=O)COC(=O)c2ccc(Oc3ccc(Cl)cc3[N+](=O)[O-])cc2)c1. The summed E-state index contributed by atoms with van der Waals surface area (Å²) >= 11 is 5.79. The van der Waals surface area contributed by atoms with Gasteiger partial charge in [-0.2, -0.15) is 0 Å². The average Bonchev–Trinajstić information content (AvgIpc) is 2.83. The number of halogens is 1. The Morgan fingerprint density at radius 1 is 0.941 bits per heavy atom. The van der Waals surface area contributed by atoms with E-state index in [-0.39, 0.29) is 27.8 Å². The van der Waals surface area contributed by atoms with Crippen LogP contribution in [-0.2, 0) is 9.53 Å². The first-order valence-corrected chi connectivity index (χ1v) is 10.1. The van der Waals surface area contributed by atoms with Crippen molar-refractivity contribution in [2.45, 2.75) is 0 Å². The molecule has 1 amide bonds. The number of nitro benzene ring substituents is 1. The Hall–Kier alpha value is -4.31. The fourth-order valence-corrected chi connectivity index (χ4v) is 2.98. The second-order valence-corrected chi connectivity index (χ2v) is 7.12. The quantitative estimate of drug-likeness (QED) is 0.258. The molecule has 0 unspecified atom stereocenters. The van der Waals surface area contributed by atoms with Crippen LogP contribution < -0.4 is 19.5 Å². The van der Waals surface area contributed by atoms with Crippen molar-refractivity contribution in [3.63, 3.8) is 0 Å². The highest BCUT2D eigenvalue weighted by molar-refractivity contribution is 6.30. The number of rotatable bonds is 9. The van der Waals surface area contributed by atoms with Gasteiger partial charge < -0.3 is 24.3 Å². The summed E-state index contributed by atoms with van der Waals surface area (Å²) in [5, 5.41) is 14.0. The highest BCUT2D eigenvalue weighted by Gasteiger charge is 2.17. The highest BCUT2D eigenvalue weighted by Crippen LogP contribution is 2.33. The van der Waals surface area contributed by atoms with Crippen molar-refractivity contribution in [3.8, 4) is 23.0 Å². The van der Waals surface area contributed by atoms with Crippen molar-refractivity contribution in [2.75, 3.05) is 26.1 Å². The number of amides is 1. The van der Waals surface area contributed by atoms with Crippen molar-refractivity contribution < 1.29 is 33.5 Å². The lowest BCUT2D eigenvalue weighted by Crippen LogP contribution is -2.21. The van der Waals surface area contributed by atoms with Gasteiger partial charge in [0.25, 0.3) is 5.91 Å². The van der Waals surface area contributed by atoms with E-state index in [1.54, 1.807) is 18.2 Å². The van der Waals surface area contributed by atoms with Crippen molar-refractivity contribution in [2.24, 2.45) is 0 Å². The van der Waals surface area contributed by atoms with E-state index in [0.717, 1.165) is 0 Å². The van der Waals surface area contributed by atoms with Gasteiger partial charge in [0.2, 0.25) is 5.75 Å². The van der Waals surface area contributed by atoms with Crippen LogP contribution in [0, 0.1) is 10.1 Å². The second kappa shape index (κ2) is 11.0. The first-order valence-electron chi connectivity index (χ1n) is 9.71. The predicted octanol–water partition coefficient (Wildman–Crippen LogP) is 4.85. The minimum Gasteiger partial charge on any atom is -0.497 e. The van der Waals surface area contributed by atoms with Crippen LogP contribution in [0.1, 0.15) is 10.4 Å². The number of methoxy groups -OCH3 is 2. The Bertz CT molecular complexity index is 1210. The number of carbonyl (C=O) groups excluding carboxylic acids is 2. The van der Waals surface area contributed by atoms with Gasteiger partial charge in [-0.1, -0.05) is 11.6 Å². The van der Waals surface area contributed by atoms with Crippen LogP contribution in [0.3, 0.4) is 0 Å². The number of nitrogens with zero attached hydrogens (tertiary/aromatic N) is 1. The third-order valence-electron chi connectivity index (χ3n) is 4.45. The number of ether oxygens (including phenoxy) is 4. The molecule has 0 aliphatic heterocycles. The molecule has 0 aliphatic rings. The number of hydrogen-bond donors (Lipinski definition) is 1. The van der Waals surface area contributed by atoms with Gasteiger partial charge in [-0.05, 0) is 48.5 Å². The Kier molecular flexibility index (Phi) is 7.88. The van der Waals surface area contributed by atoms with Crippen molar-refractivity contribution in [1.29, 1.82) is 0 Å². The molecule has 1 N–H and O–H groups in total. The molecule has 0 aliphatic carbocycles. The second-order valence-electron chi connectivity index (χ2n) is 6.69. The van der Waals surface area contributed by atoms with E-state index in [0.29, 0.717) is 17.2 Å². The third-order valence-corrected chi connectivity index (χ3v) is 4.69. The van der Waals surface area contributed by atoms with Gasteiger partial charge in [0.05, 0.1) is 30.4 Å². The number of esters is 1. The smallest absolute Gasteiger partial charge is 0.338 e. The number of anilines is 1. The minimum absolute atomic E-state index is 0.00521. The van der Waals surface area contributed by atoms with Crippen LogP contribution in [0.2, 0.25) is 5.02 Å². The zero-order chi connectivity index (χ0) is 24.7.